The van der Waals surface area contributed by atoms with Gasteiger partial charge in [0.2, 0.25) is 11.8 Å². The maximum atomic E-state index is 14.5. The quantitative estimate of drug-likeness (QED) is 0.0715. The third-order valence-corrected chi connectivity index (χ3v) is 11.2. The highest BCUT2D eigenvalue weighted by Crippen LogP contribution is 2.27. The van der Waals surface area contributed by atoms with Gasteiger partial charge < -0.3 is 31.1 Å². The molecule has 0 spiro atoms. The first-order valence-electron chi connectivity index (χ1n) is 20.8. The van der Waals surface area contributed by atoms with Gasteiger partial charge in [-0.05, 0) is 72.9 Å². The van der Waals surface area contributed by atoms with Gasteiger partial charge in [-0.1, -0.05) is 101 Å². The van der Waals surface area contributed by atoms with E-state index in [4.69, 9.17) is 4.74 Å². The predicted molar refractivity (Wildman–Crippen MR) is 232 cm³/mol. The maximum absolute atomic E-state index is 14.5. The number of carbonyl (C=O) groups excluding carboxylic acids is 5. The molecule has 1 saturated heterocycles. The number of aromatic nitrogens is 2. The summed E-state index contributed by atoms with van der Waals surface area (Å²) in [5, 5.41) is 23.8. The van der Waals surface area contributed by atoms with E-state index < -0.39 is 59.5 Å². The minimum Gasteiger partial charge on any atom is -0.453 e. The van der Waals surface area contributed by atoms with Gasteiger partial charge in [-0.25, -0.2) is 9.59 Å². The Morgan fingerprint density at radius 1 is 0.918 bits per heavy atom. The molecule has 3 heterocycles. The van der Waals surface area contributed by atoms with E-state index in [0.717, 1.165) is 33.0 Å². The summed E-state index contributed by atoms with van der Waals surface area (Å²) in [4.78, 5) is 77.2. The number of ether oxygens (including phenoxy) is 1. The lowest BCUT2D eigenvalue weighted by Crippen LogP contribution is -2.54. The molecule has 5 N–H and O–H groups in total. The molecule has 324 valence electrons. The third kappa shape index (κ3) is 13.2. The average molecular weight is 834 g/mol. The van der Waals surface area contributed by atoms with Crippen LogP contribution in [0, 0.1) is 24.2 Å². The number of urea groups is 1. The Kier molecular flexibility index (Phi) is 16.1. The summed E-state index contributed by atoms with van der Waals surface area (Å²) in [5.74, 6) is -2.54. The van der Waals surface area contributed by atoms with Crippen molar-refractivity contribution in [1.29, 1.82) is 0 Å². The van der Waals surface area contributed by atoms with Gasteiger partial charge in [0.05, 0.1) is 43.1 Å². The number of aryl methyl sites for hydroxylation is 1. The second-order valence-corrected chi connectivity index (χ2v) is 16.7. The average Bonchev–Trinajstić information content (AvgIpc) is 3.51. The van der Waals surface area contributed by atoms with Crippen molar-refractivity contribution in [1.82, 2.24) is 36.1 Å². The van der Waals surface area contributed by atoms with Gasteiger partial charge in [0.25, 0.3) is 5.91 Å². The van der Waals surface area contributed by atoms with Gasteiger partial charge in [-0.15, -0.1) is 0 Å². The maximum Gasteiger partial charge on any atom is 0.406 e. The number of hydrogen-bond acceptors (Lipinski definition) is 9. The largest absolute Gasteiger partial charge is 0.453 e. The van der Waals surface area contributed by atoms with Crippen LogP contribution in [0.1, 0.15) is 69.5 Å². The molecule has 0 aliphatic carbocycles. The molecule has 14 nitrogen and oxygen atoms in total. The molecule has 6 atom stereocenters. The molecule has 0 bridgehead atoms. The number of hydrogen-bond donors (Lipinski definition) is 5. The molecule has 2 aromatic heterocycles. The number of methoxy groups -OCH3 is 1. The Balaban J connectivity index is 1.39. The van der Waals surface area contributed by atoms with E-state index in [1.807, 2.05) is 120 Å². The molecular formula is C47H59N7O7. The van der Waals surface area contributed by atoms with Crippen LogP contribution < -0.4 is 21.3 Å². The lowest BCUT2D eigenvalue weighted by atomic mass is 9.83. The van der Waals surface area contributed by atoms with Gasteiger partial charge in [-0.2, -0.15) is 0 Å². The summed E-state index contributed by atoms with van der Waals surface area (Å²) in [6.45, 7) is 9.49. The van der Waals surface area contributed by atoms with Crippen molar-refractivity contribution in [2.45, 2.75) is 97.5 Å². The fourth-order valence-corrected chi connectivity index (χ4v) is 7.64. The molecule has 0 saturated carbocycles. The number of imide groups is 1. The Morgan fingerprint density at radius 2 is 1.62 bits per heavy atom. The monoisotopic (exact) mass is 833 g/mol. The fraction of sp³-hybridized carbons (Fsp3) is 0.426. The first-order chi connectivity index (χ1) is 29.2. The first kappa shape index (κ1) is 45.9. The topological polar surface area (TPSA) is 192 Å². The zero-order valence-corrected chi connectivity index (χ0v) is 35.9. The number of pyridine rings is 2. The van der Waals surface area contributed by atoms with E-state index >= 15 is 0 Å². The smallest absolute Gasteiger partial charge is 0.406 e. The zero-order valence-electron chi connectivity index (χ0n) is 35.9. The van der Waals surface area contributed by atoms with Crippen LogP contribution in [0.15, 0.2) is 97.2 Å². The van der Waals surface area contributed by atoms with Crippen molar-refractivity contribution >= 4 is 29.8 Å². The fourth-order valence-electron chi connectivity index (χ4n) is 7.64. The normalized spacial score (nSPS) is 16.4. The van der Waals surface area contributed by atoms with Crippen LogP contribution in [0.5, 0.6) is 0 Å². The minimum absolute atomic E-state index is 0.0367. The molecule has 1 fully saturated rings. The van der Waals surface area contributed by atoms with Gasteiger partial charge in [0.15, 0.2) is 0 Å². The van der Waals surface area contributed by atoms with Gasteiger partial charge in [0.1, 0.15) is 6.04 Å². The number of carbonyl (C=O) groups is 5. The Hall–Kier alpha value is -6.15. The molecule has 14 heteroatoms. The number of rotatable bonds is 20. The first-order valence-corrected chi connectivity index (χ1v) is 20.8. The van der Waals surface area contributed by atoms with Gasteiger partial charge >= 0.3 is 12.1 Å². The third-order valence-electron chi connectivity index (χ3n) is 11.2. The molecule has 1 aliphatic heterocycles. The number of nitrogens with zero attached hydrogens (tertiary/aromatic N) is 3. The second-order valence-electron chi connectivity index (χ2n) is 16.7. The highest BCUT2D eigenvalue weighted by atomic mass is 16.5. The van der Waals surface area contributed by atoms with Crippen LogP contribution >= 0.6 is 0 Å². The van der Waals surface area contributed by atoms with Gasteiger partial charge in [0, 0.05) is 36.5 Å². The molecule has 61 heavy (non-hydrogen) atoms. The lowest BCUT2D eigenvalue weighted by Gasteiger charge is -2.32. The zero-order chi connectivity index (χ0) is 44.1. The molecular weight excluding hydrogens is 775 g/mol. The summed E-state index contributed by atoms with van der Waals surface area (Å²) >= 11 is 0. The summed E-state index contributed by atoms with van der Waals surface area (Å²) in [7, 11) is 1.27. The van der Waals surface area contributed by atoms with Crippen LogP contribution in [0.4, 0.5) is 9.59 Å². The number of amides is 6. The Morgan fingerprint density at radius 3 is 2.28 bits per heavy atom. The molecule has 1 aliphatic rings. The number of aliphatic hydroxyl groups excluding tert-OH is 1. The van der Waals surface area contributed by atoms with Crippen molar-refractivity contribution in [3.05, 3.63) is 120 Å². The van der Waals surface area contributed by atoms with E-state index in [9.17, 15) is 29.1 Å². The van der Waals surface area contributed by atoms with E-state index in [1.165, 1.54) is 7.11 Å². The lowest BCUT2D eigenvalue weighted by molar-refractivity contribution is -0.136. The number of nitrogens with one attached hydrogen (secondary N) is 4. The Bertz CT molecular complexity index is 2100. The van der Waals surface area contributed by atoms with Crippen molar-refractivity contribution in [3.63, 3.8) is 0 Å². The van der Waals surface area contributed by atoms with E-state index in [0.29, 0.717) is 18.5 Å². The summed E-state index contributed by atoms with van der Waals surface area (Å²) in [6.07, 6.45) is 1.27. The second kappa shape index (κ2) is 21.4. The van der Waals surface area contributed by atoms with Crippen molar-refractivity contribution in [2.24, 2.45) is 17.3 Å². The number of benzene rings is 2. The highest BCUT2D eigenvalue weighted by Gasteiger charge is 2.47. The van der Waals surface area contributed by atoms with Crippen LogP contribution in [0.2, 0.25) is 0 Å². The van der Waals surface area contributed by atoms with E-state index in [1.54, 1.807) is 12.3 Å². The van der Waals surface area contributed by atoms with Gasteiger partial charge in [-0.3, -0.25) is 29.3 Å². The molecule has 6 amide bonds. The molecule has 0 radical (unpaired) electrons. The molecule has 6 unspecified atom stereocenters. The summed E-state index contributed by atoms with van der Waals surface area (Å²) in [6, 6.07) is 25.2. The van der Waals surface area contributed by atoms with Crippen LogP contribution in [-0.4, -0.2) is 87.7 Å². The SMILES string of the molecule is CCC(C)C(C(=O)NC(Cc1ccccc1)C(O)CC(Cc1ccc(-c2ccccn2)cc1)NC(=O)CC(C)(C)CNC(=O)OC)C1NC(=O)N(Cc2cccc(C)n2)C1=O. The van der Waals surface area contributed by atoms with Crippen LogP contribution in [0.3, 0.4) is 0 Å². The number of aliphatic hydroxyl groups is 1. The standard InChI is InChI=1S/C47H59N7O7/c1-7-30(2)41(42-44(58)54(45(59)53-42)28-35-17-13-14-31(3)50-35)43(57)52-38(25-32-15-9-8-10-16-32)39(55)26-36(51-40(56)27-47(4,5)29-49-46(60)61-6)24-33-19-21-34(22-20-33)37-18-11-12-23-48-37/h8-23,30,36,38-39,41-42,55H,7,24-29H2,1-6H3,(H,49,60)(H,51,56)(H,52,57)(H,53,59). The van der Waals surface area contributed by atoms with Crippen molar-refractivity contribution in [2.75, 3.05) is 13.7 Å². The van der Waals surface area contributed by atoms with Crippen LogP contribution in [0.25, 0.3) is 11.3 Å². The van der Waals surface area contributed by atoms with Crippen molar-refractivity contribution < 1.29 is 33.8 Å². The molecule has 4 aromatic rings. The highest BCUT2D eigenvalue weighted by molar-refractivity contribution is 6.06. The minimum atomic E-state index is -1.16. The van der Waals surface area contributed by atoms with E-state index in [-0.39, 0.29) is 44.2 Å². The number of alkyl carbamates (subject to hydrolysis) is 1. The Labute approximate surface area is 358 Å². The summed E-state index contributed by atoms with van der Waals surface area (Å²) < 4.78 is 4.71. The van der Waals surface area contributed by atoms with Crippen LogP contribution in [-0.2, 0) is 38.5 Å². The predicted octanol–water partition coefficient (Wildman–Crippen LogP) is 5.51. The van der Waals surface area contributed by atoms with Crippen molar-refractivity contribution in [3.8, 4) is 11.3 Å². The van der Waals surface area contributed by atoms with E-state index in [2.05, 4.69) is 31.2 Å². The molecule has 2 aromatic carbocycles. The molecule has 5 rings (SSSR count). The summed E-state index contributed by atoms with van der Waals surface area (Å²) in [5.41, 5.74) is 4.19.